The van der Waals surface area contributed by atoms with Crippen LogP contribution in [0.5, 0.6) is 0 Å². The molecule has 21 heavy (non-hydrogen) atoms. The van der Waals surface area contributed by atoms with E-state index in [0.717, 1.165) is 4.90 Å². The number of fused-ring (bicyclic) bond motifs is 1. The van der Waals surface area contributed by atoms with E-state index in [4.69, 9.17) is 6.57 Å². The van der Waals surface area contributed by atoms with E-state index in [2.05, 4.69) is 4.85 Å². The molecule has 1 aliphatic heterocycles. The lowest BCUT2D eigenvalue weighted by Gasteiger charge is -2.15. The number of rotatable bonds is 2. The van der Waals surface area contributed by atoms with Crippen molar-refractivity contribution in [2.45, 2.75) is 6.54 Å². The summed E-state index contributed by atoms with van der Waals surface area (Å²) in [6.45, 7) is 6.82. The molecule has 3 rings (SSSR count). The first-order chi connectivity index (χ1) is 10.1. The number of carbonyl (C=O) groups excluding carboxylic acids is 2. The maximum Gasteiger partial charge on any atom is 0.261 e. The topological polar surface area (TPSA) is 41.7 Å². The number of amides is 2. The fourth-order valence-corrected chi connectivity index (χ4v) is 2.35. The minimum atomic E-state index is -0.597. The molecule has 0 aromatic heterocycles. The quantitative estimate of drug-likeness (QED) is 0.626. The van der Waals surface area contributed by atoms with Crippen LogP contribution in [0.3, 0.4) is 0 Å². The summed E-state index contributed by atoms with van der Waals surface area (Å²) in [6, 6.07) is 10.6. The number of hydrogen-bond donors (Lipinski definition) is 0. The molecule has 0 radical (unpaired) electrons. The van der Waals surface area contributed by atoms with Crippen molar-refractivity contribution in [2.75, 3.05) is 0 Å². The fraction of sp³-hybridized carbons (Fsp3) is 0.0625. The van der Waals surface area contributed by atoms with Crippen LogP contribution < -0.4 is 0 Å². The first-order valence-corrected chi connectivity index (χ1v) is 6.23. The van der Waals surface area contributed by atoms with Crippen LogP contribution in [0.25, 0.3) is 4.85 Å². The Labute approximate surface area is 120 Å². The lowest BCUT2D eigenvalue weighted by Crippen LogP contribution is -2.29. The predicted molar refractivity (Wildman–Crippen MR) is 73.3 cm³/mol. The van der Waals surface area contributed by atoms with Gasteiger partial charge in [-0.1, -0.05) is 24.3 Å². The van der Waals surface area contributed by atoms with Crippen LogP contribution in [0.1, 0.15) is 26.3 Å². The molecule has 5 heteroatoms. The Kier molecular flexibility index (Phi) is 2.99. The number of benzene rings is 2. The molecule has 0 N–H and O–H groups in total. The van der Waals surface area contributed by atoms with Crippen molar-refractivity contribution in [3.05, 3.63) is 76.4 Å². The lowest BCUT2D eigenvalue weighted by molar-refractivity contribution is 0.0641. The summed E-state index contributed by atoms with van der Waals surface area (Å²) in [5.74, 6) is -1.52. The minimum absolute atomic E-state index is 0.0574. The maximum atomic E-state index is 13.9. The van der Waals surface area contributed by atoms with Crippen LogP contribution in [0, 0.1) is 12.4 Å². The smallest absolute Gasteiger partial charge is 0.261 e. The van der Waals surface area contributed by atoms with Crippen molar-refractivity contribution in [1.82, 2.24) is 4.90 Å². The SMILES string of the molecule is [C-]#[N+]c1cccc(F)c1CN1C(=O)c2ccccc2C1=O. The van der Waals surface area contributed by atoms with Gasteiger partial charge in [-0.3, -0.25) is 14.5 Å². The second kappa shape index (κ2) is 4.84. The lowest BCUT2D eigenvalue weighted by atomic mass is 10.1. The maximum absolute atomic E-state index is 13.9. The first-order valence-electron chi connectivity index (χ1n) is 6.23. The van der Waals surface area contributed by atoms with Crippen molar-refractivity contribution in [3.63, 3.8) is 0 Å². The summed E-state index contributed by atoms with van der Waals surface area (Å²) in [4.78, 5) is 28.7. The molecule has 0 spiro atoms. The van der Waals surface area contributed by atoms with E-state index in [1.54, 1.807) is 24.3 Å². The zero-order valence-electron chi connectivity index (χ0n) is 10.8. The Balaban J connectivity index is 2.01. The van der Waals surface area contributed by atoms with Gasteiger partial charge in [0, 0.05) is 12.1 Å². The van der Waals surface area contributed by atoms with Crippen molar-refractivity contribution >= 4 is 17.5 Å². The molecule has 2 aromatic rings. The average molecular weight is 280 g/mol. The zero-order valence-corrected chi connectivity index (χ0v) is 10.8. The second-order valence-corrected chi connectivity index (χ2v) is 4.59. The van der Waals surface area contributed by atoms with Gasteiger partial charge in [0.2, 0.25) is 0 Å². The molecule has 2 amide bonds. The molecule has 102 valence electrons. The van der Waals surface area contributed by atoms with Crippen LogP contribution in [-0.4, -0.2) is 16.7 Å². The van der Waals surface area contributed by atoms with Gasteiger partial charge < -0.3 is 0 Å². The molecule has 0 saturated heterocycles. The van der Waals surface area contributed by atoms with Crippen LogP contribution in [0.2, 0.25) is 0 Å². The van der Waals surface area contributed by atoms with Crippen molar-refractivity contribution in [2.24, 2.45) is 0 Å². The highest BCUT2D eigenvalue weighted by Crippen LogP contribution is 2.28. The van der Waals surface area contributed by atoms with Gasteiger partial charge in [-0.2, -0.15) is 0 Å². The van der Waals surface area contributed by atoms with Gasteiger partial charge in [-0.05, 0) is 18.2 Å². The molecule has 1 aliphatic rings. The van der Waals surface area contributed by atoms with Crippen LogP contribution >= 0.6 is 0 Å². The van der Waals surface area contributed by atoms with E-state index in [0.29, 0.717) is 11.1 Å². The standard InChI is InChI=1S/C16H9FN2O2/c1-18-14-8-4-7-13(17)12(14)9-19-15(20)10-5-2-3-6-11(10)16(19)21/h2-8H,9H2. The number of hydrogen-bond acceptors (Lipinski definition) is 2. The third-order valence-electron chi connectivity index (χ3n) is 3.41. The van der Waals surface area contributed by atoms with Gasteiger partial charge in [0.1, 0.15) is 5.82 Å². The summed E-state index contributed by atoms with van der Waals surface area (Å²) < 4.78 is 13.9. The third-order valence-corrected chi connectivity index (χ3v) is 3.41. The molecule has 0 saturated carbocycles. The Morgan fingerprint density at radius 2 is 1.62 bits per heavy atom. The van der Waals surface area contributed by atoms with Gasteiger partial charge in [0.25, 0.3) is 11.8 Å². The molecule has 0 unspecified atom stereocenters. The largest absolute Gasteiger partial charge is 0.271 e. The van der Waals surface area contributed by atoms with Crippen LogP contribution in [0.15, 0.2) is 42.5 Å². The Morgan fingerprint density at radius 1 is 1.00 bits per heavy atom. The summed E-state index contributed by atoms with van der Waals surface area (Å²) >= 11 is 0. The van der Waals surface area contributed by atoms with E-state index in [9.17, 15) is 14.0 Å². The first kappa shape index (κ1) is 13.0. The van der Waals surface area contributed by atoms with Gasteiger partial charge >= 0.3 is 0 Å². The zero-order chi connectivity index (χ0) is 15.0. The molecular weight excluding hydrogens is 271 g/mol. The van der Waals surface area contributed by atoms with Crippen LogP contribution in [-0.2, 0) is 6.54 Å². The summed E-state index contributed by atoms with van der Waals surface area (Å²) in [5, 5.41) is 0. The molecule has 2 aromatic carbocycles. The molecule has 4 nitrogen and oxygen atoms in total. The molecule has 1 heterocycles. The molecule has 0 aliphatic carbocycles. The highest BCUT2D eigenvalue weighted by molar-refractivity contribution is 6.21. The highest BCUT2D eigenvalue weighted by Gasteiger charge is 2.35. The van der Waals surface area contributed by atoms with E-state index >= 15 is 0 Å². The predicted octanol–water partition coefficient (Wildman–Crippen LogP) is 3.17. The average Bonchev–Trinajstić information content (AvgIpc) is 2.74. The number of carbonyl (C=O) groups is 2. The van der Waals surface area contributed by atoms with Crippen molar-refractivity contribution < 1.29 is 14.0 Å². The van der Waals surface area contributed by atoms with Crippen molar-refractivity contribution in [3.8, 4) is 0 Å². The van der Waals surface area contributed by atoms with E-state index in [-0.39, 0.29) is 17.8 Å². The van der Waals surface area contributed by atoms with E-state index < -0.39 is 17.6 Å². The highest BCUT2D eigenvalue weighted by atomic mass is 19.1. The number of halogens is 1. The normalized spacial score (nSPS) is 13.2. The summed E-state index contributed by atoms with van der Waals surface area (Å²) in [7, 11) is 0. The Morgan fingerprint density at radius 3 is 2.19 bits per heavy atom. The van der Waals surface area contributed by atoms with Crippen molar-refractivity contribution in [1.29, 1.82) is 0 Å². The Hall–Kier alpha value is -3.00. The summed E-state index contributed by atoms with van der Waals surface area (Å²) in [6.07, 6.45) is 0. The molecule has 0 bridgehead atoms. The fourth-order valence-electron chi connectivity index (χ4n) is 2.35. The van der Waals surface area contributed by atoms with Gasteiger partial charge in [-0.15, -0.1) is 0 Å². The van der Waals surface area contributed by atoms with E-state index in [1.165, 1.54) is 18.2 Å². The second-order valence-electron chi connectivity index (χ2n) is 4.59. The van der Waals surface area contributed by atoms with Gasteiger partial charge in [0.05, 0.1) is 17.7 Å². The molecule has 0 fully saturated rings. The Bertz CT molecular complexity index is 773. The third kappa shape index (κ3) is 1.98. The minimum Gasteiger partial charge on any atom is -0.271 e. The number of imide groups is 1. The summed E-state index contributed by atoms with van der Waals surface area (Å²) in [5.41, 5.74) is 0.778. The molecule has 0 atom stereocenters. The van der Waals surface area contributed by atoms with Gasteiger partial charge in [0.15, 0.2) is 5.69 Å². The molecular formula is C16H9FN2O2. The van der Waals surface area contributed by atoms with Gasteiger partial charge in [-0.25, -0.2) is 9.24 Å². The number of nitrogens with zero attached hydrogens (tertiary/aromatic N) is 2. The monoisotopic (exact) mass is 280 g/mol. The van der Waals surface area contributed by atoms with Crippen LogP contribution in [0.4, 0.5) is 10.1 Å². The van der Waals surface area contributed by atoms with E-state index in [1.807, 2.05) is 0 Å².